The number of anilines is 1. The molecule has 1 aromatic rings. The SMILES string of the molecule is CCOc1cccc(NCC(C)(C)O)c1[N+](=O)[O-]. The first-order chi connectivity index (χ1) is 8.35. The fourth-order valence-corrected chi connectivity index (χ4v) is 1.44. The van der Waals surface area contributed by atoms with E-state index in [0.717, 1.165) is 0 Å². The van der Waals surface area contributed by atoms with E-state index in [0.29, 0.717) is 12.3 Å². The Morgan fingerprint density at radius 3 is 2.67 bits per heavy atom. The van der Waals surface area contributed by atoms with Gasteiger partial charge in [0.05, 0.1) is 17.1 Å². The molecule has 0 aliphatic carbocycles. The largest absolute Gasteiger partial charge is 0.487 e. The number of benzene rings is 1. The topological polar surface area (TPSA) is 84.6 Å². The standard InChI is InChI=1S/C12H18N2O4/c1-4-18-10-7-5-6-9(11(10)14(16)17)13-8-12(2,3)15/h5-7,13,15H,4,8H2,1-3H3. The van der Waals surface area contributed by atoms with Crippen molar-refractivity contribution in [1.82, 2.24) is 0 Å². The molecule has 0 radical (unpaired) electrons. The highest BCUT2D eigenvalue weighted by Crippen LogP contribution is 2.34. The number of hydrogen-bond acceptors (Lipinski definition) is 5. The second-order valence-corrected chi connectivity index (χ2v) is 4.51. The average Bonchev–Trinajstić information content (AvgIpc) is 2.25. The number of hydrogen-bond donors (Lipinski definition) is 2. The van der Waals surface area contributed by atoms with Crippen LogP contribution in [0.2, 0.25) is 0 Å². The predicted molar refractivity (Wildman–Crippen MR) is 69.1 cm³/mol. The van der Waals surface area contributed by atoms with Gasteiger partial charge in [0.15, 0.2) is 5.75 Å². The number of nitro benzene ring substituents is 1. The Morgan fingerprint density at radius 1 is 1.50 bits per heavy atom. The third kappa shape index (κ3) is 3.89. The molecule has 0 atom stereocenters. The Labute approximate surface area is 106 Å². The van der Waals surface area contributed by atoms with Crippen molar-refractivity contribution in [3.05, 3.63) is 28.3 Å². The Bertz CT molecular complexity index is 427. The highest BCUT2D eigenvalue weighted by Gasteiger charge is 2.22. The van der Waals surface area contributed by atoms with E-state index in [9.17, 15) is 15.2 Å². The molecule has 0 bridgehead atoms. The van der Waals surface area contributed by atoms with Gasteiger partial charge >= 0.3 is 5.69 Å². The molecule has 0 saturated heterocycles. The highest BCUT2D eigenvalue weighted by molar-refractivity contribution is 5.68. The van der Waals surface area contributed by atoms with E-state index in [1.165, 1.54) is 0 Å². The van der Waals surface area contributed by atoms with Gasteiger partial charge in [-0.25, -0.2) is 0 Å². The Hall–Kier alpha value is -1.82. The van der Waals surface area contributed by atoms with Gasteiger partial charge in [-0.2, -0.15) is 0 Å². The number of para-hydroxylation sites is 1. The maximum atomic E-state index is 11.1. The van der Waals surface area contributed by atoms with E-state index in [2.05, 4.69) is 5.32 Å². The summed E-state index contributed by atoms with van der Waals surface area (Å²) >= 11 is 0. The quantitative estimate of drug-likeness (QED) is 0.600. The van der Waals surface area contributed by atoms with Gasteiger partial charge in [0.2, 0.25) is 0 Å². The molecule has 0 unspecified atom stereocenters. The molecule has 0 heterocycles. The van der Waals surface area contributed by atoms with Crippen LogP contribution in [0, 0.1) is 10.1 Å². The molecule has 0 saturated carbocycles. The zero-order valence-corrected chi connectivity index (χ0v) is 10.8. The molecule has 0 amide bonds. The predicted octanol–water partition coefficient (Wildman–Crippen LogP) is 2.18. The van der Waals surface area contributed by atoms with Crippen molar-refractivity contribution in [2.45, 2.75) is 26.4 Å². The van der Waals surface area contributed by atoms with Gasteiger partial charge in [-0.1, -0.05) is 6.07 Å². The molecule has 6 nitrogen and oxygen atoms in total. The second kappa shape index (κ2) is 5.68. The molecule has 0 spiro atoms. The lowest BCUT2D eigenvalue weighted by Crippen LogP contribution is -2.29. The van der Waals surface area contributed by atoms with Crippen molar-refractivity contribution in [1.29, 1.82) is 0 Å². The van der Waals surface area contributed by atoms with Crippen LogP contribution >= 0.6 is 0 Å². The lowest BCUT2D eigenvalue weighted by molar-refractivity contribution is -0.384. The number of aliphatic hydroxyl groups is 1. The van der Waals surface area contributed by atoms with Crippen molar-refractivity contribution in [2.24, 2.45) is 0 Å². The fourth-order valence-electron chi connectivity index (χ4n) is 1.44. The fraction of sp³-hybridized carbons (Fsp3) is 0.500. The van der Waals surface area contributed by atoms with E-state index in [1.54, 1.807) is 39.0 Å². The maximum absolute atomic E-state index is 11.1. The van der Waals surface area contributed by atoms with Gasteiger partial charge in [-0.15, -0.1) is 0 Å². The van der Waals surface area contributed by atoms with Gasteiger partial charge < -0.3 is 15.2 Å². The number of ether oxygens (including phenoxy) is 1. The summed E-state index contributed by atoms with van der Waals surface area (Å²) in [5.41, 5.74) is -0.716. The molecule has 1 aromatic carbocycles. The van der Waals surface area contributed by atoms with Crippen molar-refractivity contribution in [3.8, 4) is 5.75 Å². The van der Waals surface area contributed by atoms with Crippen molar-refractivity contribution < 1.29 is 14.8 Å². The zero-order valence-electron chi connectivity index (χ0n) is 10.8. The molecular formula is C12H18N2O4. The van der Waals surface area contributed by atoms with Crippen LogP contribution in [-0.2, 0) is 0 Å². The molecule has 0 aromatic heterocycles. The number of nitro groups is 1. The first-order valence-electron chi connectivity index (χ1n) is 5.71. The van der Waals surface area contributed by atoms with Gasteiger partial charge in [0, 0.05) is 6.54 Å². The van der Waals surface area contributed by atoms with Gasteiger partial charge in [-0.05, 0) is 32.9 Å². The Kier molecular flexibility index (Phi) is 4.49. The van der Waals surface area contributed by atoms with E-state index >= 15 is 0 Å². The second-order valence-electron chi connectivity index (χ2n) is 4.51. The van der Waals surface area contributed by atoms with Crippen LogP contribution in [0.1, 0.15) is 20.8 Å². The summed E-state index contributed by atoms with van der Waals surface area (Å²) in [6.07, 6.45) is 0. The van der Waals surface area contributed by atoms with E-state index < -0.39 is 10.5 Å². The summed E-state index contributed by atoms with van der Waals surface area (Å²) in [6, 6.07) is 4.81. The summed E-state index contributed by atoms with van der Waals surface area (Å²) in [7, 11) is 0. The zero-order chi connectivity index (χ0) is 13.8. The average molecular weight is 254 g/mol. The van der Waals surface area contributed by atoms with Crippen molar-refractivity contribution in [3.63, 3.8) is 0 Å². The van der Waals surface area contributed by atoms with E-state index in [1.807, 2.05) is 0 Å². The normalized spacial score (nSPS) is 11.1. The van der Waals surface area contributed by atoms with Gasteiger partial charge in [0.25, 0.3) is 0 Å². The molecule has 6 heteroatoms. The monoisotopic (exact) mass is 254 g/mol. The van der Waals surface area contributed by atoms with Crippen LogP contribution in [0.4, 0.5) is 11.4 Å². The molecule has 1 rings (SSSR count). The number of nitrogens with one attached hydrogen (secondary N) is 1. The first-order valence-corrected chi connectivity index (χ1v) is 5.71. The first kappa shape index (κ1) is 14.2. The molecule has 2 N–H and O–H groups in total. The minimum atomic E-state index is -0.949. The summed E-state index contributed by atoms with van der Waals surface area (Å²) in [5, 5.41) is 23.5. The number of nitrogens with zero attached hydrogens (tertiary/aromatic N) is 1. The third-order valence-electron chi connectivity index (χ3n) is 2.19. The molecular weight excluding hydrogens is 236 g/mol. The van der Waals surface area contributed by atoms with Crippen LogP contribution in [0.15, 0.2) is 18.2 Å². The molecule has 0 fully saturated rings. The summed E-state index contributed by atoms with van der Waals surface area (Å²) in [4.78, 5) is 10.6. The Balaban J connectivity index is 3.03. The minimum absolute atomic E-state index is 0.108. The summed E-state index contributed by atoms with van der Waals surface area (Å²) < 4.78 is 5.23. The lowest BCUT2D eigenvalue weighted by Gasteiger charge is -2.18. The smallest absolute Gasteiger partial charge is 0.333 e. The highest BCUT2D eigenvalue weighted by atomic mass is 16.6. The molecule has 18 heavy (non-hydrogen) atoms. The van der Waals surface area contributed by atoms with Crippen LogP contribution in [0.3, 0.4) is 0 Å². The van der Waals surface area contributed by atoms with Crippen LogP contribution < -0.4 is 10.1 Å². The maximum Gasteiger partial charge on any atom is 0.333 e. The summed E-state index contributed by atoms with van der Waals surface area (Å²) in [6.45, 7) is 5.58. The minimum Gasteiger partial charge on any atom is -0.487 e. The van der Waals surface area contributed by atoms with Crippen LogP contribution in [0.5, 0.6) is 5.75 Å². The van der Waals surface area contributed by atoms with Crippen molar-refractivity contribution >= 4 is 11.4 Å². The van der Waals surface area contributed by atoms with Crippen LogP contribution in [0.25, 0.3) is 0 Å². The van der Waals surface area contributed by atoms with Crippen LogP contribution in [-0.4, -0.2) is 28.8 Å². The van der Waals surface area contributed by atoms with Crippen molar-refractivity contribution in [2.75, 3.05) is 18.5 Å². The molecule has 0 aliphatic heterocycles. The van der Waals surface area contributed by atoms with Gasteiger partial charge in [0.1, 0.15) is 5.69 Å². The Morgan fingerprint density at radius 2 is 2.17 bits per heavy atom. The summed E-state index contributed by atoms with van der Waals surface area (Å²) in [5.74, 6) is 0.225. The molecule has 0 aliphatic rings. The van der Waals surface area contributed by atoms with E-state index in [-0.39, 0.29) is 18.0 Å². The number of rotatable bonds is 6. The van der Waals surface area contributed by atoms with E-state index in [4.69, 9.17) is 4.74 Å². The van der Waals surface area contributed by atoms with Gasteiger partial charge in [-0.3, -0.25) is 10.1 Å². The molecule has 100 valence electrons. The lowest BCUT2D eigenvalue weighted by atomic mass is 10.1. The third-order valence-corrected chi connectivity index (χ3v) is 2.19.